The van der Waals surface area contributed by atoms with Gasteiger partial charge in [-0.3, -0.25) is 0 Å². The van der Waals surface area contributed by atoms with Gasteiger partial charge in [-0.15, -0.1) is 0 Å². The predicted octanol–water partition coefficient (Wildman–Crippen LogP) is 4.63. The van der Waals surface area contributed by atoms with Crippen molar-refractivity contribution < 1.29 is 19.1 Å². The fourth-order valence-electron chi connectivity index (χ4n) is 2.20. The molecule has 0 amide bonds. The topological polar surface area (TPSA) is 52.6 Å². The lowest BCUT2D eigenvalue weighted by Crippen LogP contribution is -2.21. The van der Waals surface area contributed by atoms with E-state index in [-0.39, 0.29) is 11.1 Å². The van der Waals surface area contributed by atoms with E-state index in [1.54, 1.807) is 24.3 Å². The molecular weight excluding hydrogens is 316 g/mol. The zero-order chi connectivity index (χ0) is 18.7. The molecule has 0 spiro atoms. The molecule has 0 heterocycles. The lowest BCUT2D eigenvalue weighted by atomic mass is 10.1. The van der Waals surface area contributed by atoms with Crippen LogP contribution < -0.4 is 0 Å². The molecule has 0 aliphatic heterocycles. The summed E-state index contributed by atoms with van der Waals surface area (Å²) in [6, 6.07) is 6.57. The average Bonchev–Trinajstić information content (AvgIpc) is 2.59. The molecule has 0 saturated heterocycles. The number of rotatable bonds is 8. The van der Waals surface area contributed by atoms with Gasteiger partial charge in [0.2, 0.25) is 0 Å². The molecule has 4 nitrogen and oxygen atoms in total. The molecule has 25 heavy (non-hydrogen) atoms. The average molecular weight is 344 g/mol. The van der Waals surface area contributed by atoms with E-state index < -0.39 is 18.0 Å². The van der Waals surface area contributed by atoms with Crippen molar-refractivity contribution in [3.63, 3.8) is 0 Å². The first-order valence-corrected chi connectivity index (χ1v) is 8.95. The van der Waals surface area contributed by atoms with Crippen molar-refractivity contribution in [2.24, 2.45) is 5.92 Å². The van der Waals surface area contributed by atoms with E-state index in [1.807, 2.05) is 27.7 Å². The molecule has 0 bridgehead atoms. The fraction of sp³-hybridized carbons (Fsp3) is 0.524. The van der Waals surface area contributed by atoms with Gasteiger partial charge in [-0.05, 0) is 30.9 Å². The summed E-state index contributed by atoms with van der Waals surface area (Å²) in [6.07, 6.45) is 2.61. The first-order valence-electron chi connectivity index (χ1n) is 8.95. The summed E-state index contributed by atoms with van der Waals surface area (Å²) in [4.78, 5) is 24.8. The maximum atomic E-state index is 12.6. The van der Waals surface area contributed by atoms with Crippen molar-refractivity contribution in [3.05, 3.63) is 35.4 Å². The molecule has 0 saturated carbocycles. The van der Waals surface area contributed by atoms with Gasteiger partial charge >= 0.3 is 11.9 Å². The number of unbranched alkanes of at least 4 members (excludes halogenated alkanes) is 1. The largest absolute Gasteiger partial charge is 0.462 e. The Balaban J connectivity index is 2.91. The molecular formula is C21H28O4. The Labute approximate surface area is 150 Å². The Bertz CT molecular complexity index is 622. The maximum Gasteiger partial charge on any atom is 0.340 e. The molecule has 0 N–H and O–H groups in total. The number of hydrogen-bond donors (Lipinski definition) is 0. The molecule has 0 aliphatic rings. The van der Waals surface area contributed by atoms with Crippen molar-refractivity contribution in [1.82, 2.24) is 0 Å². The highest BCUT2D eigenvalue weighted by molar-refractivity contribution is 6.03. The van der Waals surface area contributed by atoms with Gasteiger partial charge < -0.3 is 9.47 Å². The highest BCUT2D eigenvalue weighted by Gasteiger charge is 2.21. The highest BCUT2D eigenvalue weighted by atomic mass is 16.5. The van der Waals surface area contributed by atoms with Gasteiger partial charge in [0.15, 0.2) is 6.10 Å². The number of hydrogen-bond acceptors (Lipinski definition) is 4. The van der Waals surface area contributed by atoms with Crippen LogP contribution in [-0.4, -0.2) is 24.6 Å². The number of ether oxygens (including phenoxy) is 2. The zero-order valence-electron chi connectivity index (χ0n) is 15.6. The van der Waals surface area contributed by atoms with E-state index in [1.165, 1.54) is 0 Å². The first kappa shape index (κ1) is 20.8. The summed E-state index contributed by atoms with van der Waals surface area (Å²) in [6.45, 7) is 8.41. The van der Waals surface area contributed by atoms with Crippen LogP contribution in [0.4, 0.5) is 0 Å². The van der Waals surface area contributed by atoms with Crippen molar-refractivity contribution in [2.75, 3.05) is 6.61 Å². The van der Waals surface area contributed by atoms with E-state index in [2.05, 4.69) is 11.8 Å². The molecule has 1 unspecified atom stereocenters. The predicted molar refractivity (Wildman–Crippen MR) is 98.4 cm³/mol. The van der Waals surface area contributed by atoms with Crippen molar-refractivity contribution in [1.29, 1.82) is 0 Å². The van der Waals surface area contributed by atoms with E-state index in [0.29, 0.717) is 25.4 Å². The van der Waals surface area contributed by atoms with Crippen LogP contribution in [0.1, 0.15) is 74.1 Å². The van der Waals surface area contributed by atoms with Gasteiger partial charge in [-0.2, -0.15) is 0 Å². The smallest absolute Gasteiger partial charge is 0.340 e. The van der Waals surface area contributed by atoms with Crippen molar-refractivity contribution in [2.45, 2.75) is 59.5 Å². The van der Waals surface area contributed by atoms with E-state index >= 15 is 0 Å². The third-order valence-electron chi connectivity index (χ3n) is 3.47. The van der Waals surface area contributed by atoms with E-state index in [0.717, 1.165) is 12.8 Å². The molecule has 1 atom stereocenters. The third-order valence-corrected chi connectivity index (χ3v) is 3.47. The Morgan fingerprint density at radius 1 is 1.08 bits per heavy atom. The van der Waals surface area contributed by atoms with Crippen LogP contribution in [0.2, 0.25) is 0 Å². The van der Waals surface area contributed by atoms with Crippen LogP contribution in [0.5, 0.6) is 0 Å². The molecule has 1 aromatic rings. The molecule has 1 rings (SSSR count). The van der Waals surface area contributed by atoms with Crippen LogP contribution in [-0.2, 0) is 9.47 Å². The lowest BCUT2D eigenvalue weighted by Gasteiger charge is -2.16. The van der Waals surface area contributed by atoms with Crippen LogP contribution >= 0.6 is 0 Å². The van der Waals surface area contributed by atoms with Gasteiger partial charge in [-0.1, -0.05) is 58.1 Å². The fourth-order valence-corrected chi connectivity index (χ4v) is 2.20. The third kappa shape index (κ3) is 7.43. The van der Waals surface area contributed by atoms with Crippen LogP contribution in [0.3, 0.4) is 0 Å². The van der Waals surface area contributed by atoms with Crippen LogP contribution in [0, 0.1) is 17.8 Å². The Hall–Kier alpha value is -2.28. The first-order chi connectivity index (χ1) is 12.0. The Morgan fingerprint density at radius 3 is 2.28 bits per heavy atom. The second-order valence-corrected chi connectivity index (χ2v) is 6.23. The SMILES string of the molecule is CCC#CC(CC(C)C)OC(=O)c1ccccc1C(=O)OCCCC. The van der Waals surface area contributed by atoms with Crippen LogP contribution in [0.25, 0.3) is 0 Å². The minimum absolute atomic E-state index is 0.219. The molecule has 0 fully saturated rings. The van der Waals surface area contributed by atoms with Crippen molar-refractivity contribution in [3.8, 4) is 11.8 Å². The molecule has 4 heteroatoms. The molecule has 1 aromatic carbocycles. The lowest BCUT2D eigenvalue weighted by molar-refractivity contribution is 0.0360. The number of benzene rings is 1. The summed E-state index contributed by atoms with van der Waals surface area (Å²) in [7, 11) is 0. The van der Waals surface area contributed by atoms with Gasteiger partial charge in [0, 0.05) is 6.42 Å². The molecule has 0 radical (unpaired) electrons. The van der Waals surface area contributed by atoms with Crippen molar-refractivity contribution >= 4 is 11.9 Å². The monoisotopic (exact) mass is 344 g/mol. The van der Waals surface area contributed by atoms with E-state index in [4.69, 9.17) is 9.47 Å². The van der Waals surface area contributed by atoms with Gasteiger partial charge in [-0.25, -0.2) is 9.59 Å². The van der Waals surface area contributed by atoms with Gasteiger partial charge in [0.05, 0.1) is 17.7 Å². The highest BCUT2D eigenvalue weighted by Crippen LogP contribution is 2.16. The summed E-state index contributed by atoms with van der Waals surface area (Å²) < 4.78 is 10.8. The second kappa shape index (κ2) is 11.3. The summed E-state index contributed by atoms with van der Waals surface area (Å²) >= 11 is 0. The molecule has 136 valence electrons. The minimum atomic E-state index is -0.543. The van der Waals surface area contributed by atoms with Crippen LogP contribution in [0.15, 0.2) is 24.3 Å². The summed E-state index contributed by atoms with van der Waals surface area (Å²) in [5, 5.41) is 0. The van der Waals surface area contributed by atoms with E-state index in [9.17, 15) is 9.59 Å². The molecule has 0 aromatic heterocycles. The molecule has 0 aliphatic carbocycles. The van der Waals surface area contributed by atoms with Gasteiger partial charge in [0.1, 0.15) is 0 Å². The maximum absolute atomic E-state index is 12.6. The quantitative estimate of drug-likeness (QED) is 0.392. The Morgan fingerprint density at radius 2 is 1.72 bits per heavy atom. The zero-order valence-corrected chi connectivity index (χ0v) is 15.6. The normalized spacial score (nSPS) is 11.4. The standard InChI is InChI=1S/C21H28O4/c1-5-7-11-17(15-16(3)4)25-21(23)19-13-10-9-12-18(19)20(22)24-14-8-6-2/h9-10,12-13,16-17H,5-6,8,14-15H2,1-4H3. The Kier molecular flexibility index (Phi) is 9.39. The number of esters is 2. The number of carbonyl (C=O) groups is 2. The second-order valence-electron chi connectivity index (χ2n) is 6.23. The van der Waals surface area contributed by atoms with Gasteiger partial charge in [0.25, 0.3) is 0 Å². The summed E-state index contributed by atoms with van der Waals surface area (Å²) in [5.74, 6) is 5.25. The summed E-state index contributed by atoms with van der Waals surface area (Å²) in [5.41, 5.74) is 0.450. The minimum Gasteiger partial charge on any atom is -0.462 e. The number of carbonyl (C=O) groups excluding carboxylic acids is 2.